The summed E-state index contributed by atoms with van der Waals surface area (Å²) in [4.78, 5) is 0. The summed E-state index contributed by atoms with van der Waals surface area (Å²) in [6, 6.07) is 8.86. The average molecular weight is 250 g/mol. The van der Waals surface area contributed by atoms with Gasteiger partial charge in [0.25, 0.3) is 0 Å². The molecule has 18 heavy (non-hydrogen) atoms. The van der Waals surface area contributed by atoms with Gasteiger partial charge in [-0.15, -0.1) is 0 Å². The van der Waals surface area contributed by atoms with Gasteiger partial charge in [-0.1, -0.05) is 86.6 Å². The third-order valence-electron chi connectivity index (χ3n) is 3.55. The van der Waals surface area contributed by atoms with Gasteiger partial charge in [0.05, 0.1) is 0 Å². The van der Waals surface area contributed by atoms with Crippen molar-refractivity contribution in [3.05, 3.63) is 35.4 Å². The molecule has 1 unspecified atom stereocenters. The van der Waals surface area contributed by atoms with Gasteiger partial charge in [0.15, 0.2) is 0 Å². The molecule has 0 radical (unpaired) electrons. The molecule has 0 spiro atoms. The van der Waals surface area contributed by atoms with Crippen LogP contribution in [0.4, 0.5) is 0 Å². The predicted molar refractivity (Wildman–Crippen MR) is 86.5 cm³/mol. The zero-order valence-corrected chi connectivity index (χ0v) is 14.0. The van der Waals surface area contributed by atoms with Crippen LogP contribution in [0.1, 0.15) is 85.3 Å². The van der Waals surface area contributed by atoms with E-state index in [1.807, 2.05) is 41.5 Å². The van der Waals surface area contributed by atoms with E-state index in [-0.39, 0.29) is 0 Å². The molecule has 106 valence electrons. The van der Waals surface area contributed by atoms with E-state index in [4.69, 9.17) is 0 Å². The highest BCUT2D eigenvalue weighted by atomic mass is 14.4. The van der Waals surface area contributed by atoms with Gasteiger partial charge < -0.3 is 0 Å². The third-order valence-corrected chi connectivity index (χ3v) is 3.55. The van der Waals surface area contributed by atoms with E-state index in [9.17, 15) is 0 Å². The maximum absolute atomic E-state index is 2.36. The number of rotatable bonds is 0. The van der Waals surface area contributed by atoms with Crippen molar-refractivity contribution in [1.82, 2.24) is 0 Å². The van der Waals surface area contributed by atoms with Crippen LogP contribution in [0.5, 0.6) is 0 Å². The van der Waals surface area contributed by atoms with E-state index in [0.29, 0.717) is 0 Å². The fraction of sp³-hybridized carbons (Fsp3) is 0.667. The Bertz CT molecular complexity index is 259. The quantitative estimate of drug-likeness (QED) is 0.485. The lowest BCUT2D eigenvalue weighted by Crippen LogP contribution is -2.01. The van der Waals surface area contributed by atoms with Gasteiger partial charge in [0.2, 0.25) is 0 Å². The average Bonchev–Trinajstić information content (AvgIpc) is 2.71. The van der Waals surface area contributed by atoms with E-state index >= 15 is 0 Å². The second-order valence-corrected chi connectivity index (χ2v) is 4.07. The van der Waals surface area contributed by atoms with Crippen LogP contribution in [0, 0.1) is 5.92 Å². The van der Waals surface area contributed by atoms with Crippen LogP contribution in [0.15, 0.2) is 24.3 Å². The zero-order valence-electron chi connectivity index (χ0n) is 14.0. The molecule has 0 aliphatic heterocycles. The minimum atomic E-state index is 0.746. The molecule has 0 fully saturated rings. The Kier molecular flexibility index (Phi) is 12.3. The molecule has 0 saturated carbocycles. The number of hydrogen-bond donors (Lipinski definition) is 0. The highest BCUT2D eigenvalue weighted by Gasteiger charge is 2.31. The Morgan fingerprint density at radius 1 is 0.611 bits per heavy atom. The molecule has 1 aromatic rings. The van der Waals surface area contributed by atoms with Gasteiger partial charge >= 0.3 is 0 Å². The van der Waals surface area contributed by atoms with Gasteiger partial charge in [-0.3, -0.25) is 0 Å². The van der Waals surface area contributed by atoms with Crippen LogP contribution < -0.4 is 0 Å². The van der Waals surface area contributed by atoms with Gasteiger partial charge in [-0.05, 0) is 28.9 Å². The fourth-order valence-electron chi connectivity index (χ4n) is 2.34. The normalized spacial score (nSPS) is 23.3. The van der Waals surface area contributed by atoms with E-state index < -0.39 is 0 Å². The van der Waals surface area contributed by atoms with Gasteiger partial charge in [0, 0.05) is 0 Å². The predicted octanol–water partition coefficient (Wildman–Crippen LogP) is 6.62. The molecule has 1 aliphatic carbocycles. The van der Waals surface area contributed by atoms with Crippen LogP contribution in [-0.4, -0.2) is 0 Å². The largest absolute Gasteiger partial charge is 0.0683 e. The number of fused-ring (bicyclic) bond motifs is 1. The molecule has 0 nitrogen and oxygen atoms in total. The molecule has 0 aromatic heterocycles. The SMILES string of the molecule is CC.CC.CC.CC1[C@H](C)c2ccccc2[C@@H]1C. The molecule has 2 rings (SSSR count). The summed E-state index contributed by atoms with van der Waals surface area (Å²) in [6.07, 6.45) is 0. The summed E-state index contributed by atoms with van der Waals surface area (Å²) < 4.78 is 0. The van der Waals surface area contributed by atoms with Crippen LogP contribution in [0.25, 0.3) is 0 Å². The van der Waals surface area contributed by atoms with Crippen molar-refractivity contribution in [2.45, 2.75) is 74.1 Å². The Labute approximate surface area is 116 Å². The standard InChI is InChI=1S/C12H16.3C2H6/c1-8-9(2)11-6-4-5-7-12(11)10(8)3;3*1-2/h4-10H,1-3H3;3*1-2H3/t8?,9-,10+;;;. The van der Waals surface area contributed by atoms with E-state index in [0.717, 1.165) is 17.8 Å². The first-order valence-corrected chi connectivity index (χ1v) is 7.80. The molecule has 0 bridgehead atoms. The van der Waals surface area contributed by atoms with Crippen molar-refractivity contribution in [3.8, 4) is 0 Å². The molecule has 0 heterocycles. The zero-order chi connectivity index (χ0) is 14.7. The molecule has 0 heteroatoms. The summed E-state index contributed by atoms with van der Waals surface area (Å²) in [6.45, 7) is 19.0. The lowest BCUT2D eigenvalue weighted by Gasteiger charge is -2.13. The lowest BCUT2D eigenvalue weighted by molar-refractivity contribution is 0.464. The van der Waals surface area contributed by atoms with Crippen molar-refractivity contribution in [1.29, 1.82) is 0 Å². The maximum Gasteiger partial charge on any atom is -0.0156 e. The van der Waals surface area contributed by atoms with Crippen molar-refractivity contribution in [2.24, 2.45) is 5.92 Å². The molecule has 0 N–H and O–H groups in total. The summed E-state index contributed by atoms with van der Waals surface area (Å²) in [5.74, 6) is 2.30. The smallest absolute Gasteiger partial charge is 0.0156 e. The minimum Gasteiger partial charge on any atom is -0.0683 e. The van der Waals surface area contributed by atoms with Crippen molar-refractivity contribution < 1.29 is 0 Å². The van der Waals surface area contributed by atoms with E-state index in [1.165, 1.54) is 0 Å². The van der Waals surface area contributed by atoms with Gasteiger partial charge in [0.1, 0.15) is 0 Å². The molecule has 3 atom stereocenters. The van der Waals surface area contributed by atoms with Crippen molar-refractivity contribution in [2.75, 3.05) is 0 Å². The molecule has 1 aromatic carbocycles. The van der Waals surface area contributed by atoms with Gasteiger partial charge in [-0.25, -0.2) is 0 Å². The summed E-state index contributed by atoms with van der Waals surface area (Å²) in [5, 5.41) is 0. The van der Waals surface area contributed by atoms with Crippen molar-refractivity contribution in [3.63, 3.8) is 0 Å². The summed E-state index contributed by atoms with van der Waals surface area (Å²) >= 11 is 0. The molecular weight excluding hydrogens is 216 g/mol. The number of benzene rings is 1. The lowest BCUT2D eigenvalue weighted by atomic mass is 9.91. The second kappa shape index (κ2) is 11.3. The van der Waals surface area contributed by atoms with Crippen molar-refractivity contribution >= 4 is 0 Å². The first-order valence-electron chi connectivity index (χ1n) is 7.80. The molecule has 0 amide bonds. The molecule has 0 saturated heterocycles. The first kappa shape index (κ1) is 19.6. The van der Waals surface area contributed by atoms with Gasteiger partial charge in [-0.2, -0.15) is 0 Å². The monoisotopic (exact) mass is 250 g/mol. The summed E-state index contributed by atoms with van der Waals surface area (Å²) in [5.41, 5.74) is 3.13. The highest BCUT2D eigenvalue weighted by molar-refractivity contribution is 5.38. The Balaban J connectivity index is 0. The third kappa shape index (κ3) is 4.48. The molecule has 1 aliphatic rings. The minimum absolute atomic E-state index is 0.746. The topological polar surface area (TPSA) is 0 Å². The Morgan fingerprint density at radius 3 is 1.17 bits per heavy atom. The Hall–Kier alpha value is -0.780. The second-order valence-electron chi connectivity index (χ2n) is 4.07. The number of hydrogen-bond acceptors (Lipinski definition) is 0. The summed E-state index contributed by atoms with van der Waals surface area (Å²) in [7, 11) is 0. The van der Waals surface area contributed by atoms with E-state index in [2.05, 4.69) is 45.0 Å². The van der Waals surface area contributed by atoms with Crippen LogP contribution >= 0.6 is 0 Å². The fourth-order valence-corrected chi connectivity index (χ4v) is 2.34. The van der Waals surface area contributed by atoms with Crippen LogP contribution in [-0.2, 0) is 0 Å². The van der Waals surface area contributed by atoms with E-state index in [1.54, 1.807) is 11.1 Å². The Morgan fingerprint density at radius 2 is 0.889 bits per heavy atom. The highest BCUT2D eigenvalue weighted by Crippen LogP contribution is 2.45. The molecular formula is C18H34. The maximum atomic E-state index is 2.36. The first-order chi connectivity index (χ1) is 8.72. The van der Waals surface area contributed by atoms with Crippen LogP contribution in [0.3, 0.4) is 0 Å². The van der Waals surface area contributed by atoms with Crippen LogP contribution in [0.2, 0.25) is 0 Å².